The summed E-state index contributed by atoms with van der Waals surface area (Å²) < 4.78 is 73.0. The van der Waals surface area contributed by atoms with Crippen molar-refractivity contribution in [3.05, 3.63) is 53.9 Å². The van der Waals surface area contributed by atoms with Gasteiger partial charge in [-0.3, -0.25) is 9.59 Å². The number of alkyl halides is 3. The molecule has 1 N–H and O–H groups in total. The SMILES string of the molecule is C[C@@H]1CN(C(=O)c2cnc(-n3ncnc3[C@H](C)NC(=O)c3cc(OC(F)(F)F)cc(S(C)(=O)=O)c3)nc2)C[C@H](C)O1. The van der Waals surface area contributed by atoms with E-state index in [4.69, 9.17) is 4.74 Å². The molecule has 1 saturated heterocycles. The molecule has 2 amide bonds. The van der Waals surface area contributed by atoms with E-state index in [1.807, 2.05) is 13.8 Å². The second kappa shape index (κ2) is 11.4. The maximum absolute atomic E-state index is 12.9. The molecule has 13 nitrogen and oxygen atoms in total. The molecule has 1 aromatic carbocycles. The summed E-state index contributed by atoms with van der Waals surface area (Å²) in [5.41, 5.74) is -0.142. The number of rotatable bonds is 7. The molecule has 41 heavy (non-hydrogen) atoms. The van der Waals surface area contributed by atoms with Crippen LogP contribution in [0, 0.1) is 0 Å². The Morgan fingerprint density at radius 3 is 2.29 bits per heavy atom. The Balaban J connectivity index is 1.52. The van der Waals surface area contributed by atoms with Crippen LogP contribution in [0.3, 0.4) is 0 Å². The molecule has 0 unspecified atom stereocenters. The molecular formula is C24H26F3N7O6S. The summed E-state index contributed by atoms with van der Waals surface area (Å²) in [6, 6.07) is 1.48. The van der Waals surface area contributed by atoms with Gasteiger partial charge in [-0.25, -0.2) is 23.4 Å². The molecule has 3 heterocycles. The number of aromatic nitrogens is 5. The van der Waals surface area contributed by atoms with Crippen molar-refractivity contribution in [2.45, 2.75) is 50.3 Å². The molecule has 2 aromatic heterocycles. The molecule has 3 aromatic rings. The number of benzene rings is 1. The third-order valence-electron chi connectivity index (χ3n) is 5.89. The molecule has 4 rings (SSSR count). The minimum Gasteiger partial charge on any atom is -0.406 e. The predicted molar refractivity (Wildman–Crippen MR) is 135 cm³/mol. The molecule has 3 atom stereocenters. The molecule has 1 fully saturated rings. The molecule has 0 saturated carbocycles. The van der Waals surface area contributed by atoms with Crippen molar-refractivity contribution < 1.29 is 40.7 Å². The average molecular weight is 598 g/mol. The number of nitrogens with one attached hydrogen (secondary N) is 1. The first-order chi connectivity index (χ1) is 19.1. The standard InChI is InChI=1S/C24H26F3N7O6S/c1-13-10-33(11-14(2)39-13)22(36)17-8-28-23(29-9-17)34-20(30-12-31-34)15(3)32-21(35)16-5-18(40-24(25,26)27)7-19(6-16)41(4,37)38/h5-9,12-15H,10-11H2,1-4H3,(H,32,35)/t13-,14+,15-/m0/s1. The lowest BCUT2D eigenvalue weighted by molar-refractivity contribution is -0.274. The van der Waals surface area contributed by atoms with Crippen LogP contribution in [0.5, 0.6) is 5.75 Å². The van der Waals surface area contributed by atoms with E-state index in [2.05, 4.69) is 30.1 Å². The number of hydrogen-bond acceptors (Lipinski definition) is 10. The summed E-state index contributed by atoms with van der Waals surface area (Å²) in [5, 5.41) is 6.60. The van der Waals surface area contributed by atoms with Crippen LogP contribution in [0.25, 0.3) is 5.95 Å². The Kier molecular flexibility index (Phi) is 8.30. The van der Waals surface area contributed by atoms with Gasteiger partial charge < -0.3 is 19.7 Å². The molecule has 0 radical (unpaired) electrons. The summed E-state index contributed by atoms with van der Waals surface area (Å²) in [4.78, 5) is 39.5. The number of halogens is 3. The number of carbonyl (C=O) groups is 2. The lowest BCUT2D eigenvalue weighted by atomic mass is 10.2. The van der Waals surface area contributed by atoms with Crippen LogP contribution in [0.1, 0.15) is 53.4 Å². The Hall–Kier alpha value is -4.12. The van der Waals surface area contributed by atoms with Crippen molar-refractivity contribution in [1.29, 1.82) is 0 Å². The first-order valence-corrected chi connectivity index (χ1v) is 14.1. The lowest BCUT2D eigenvalue weighted by Gasteiger charge is -2.35. The van der Waals surface area contributed by atoms with Gasteiger partial charge in [-0.15, -0.1) is 13.2 Å². The van der Waals surface area contributed by atoms with Gasteiger partial charge in [0.05, 0.1) is 28.7 Å². The van der Waals surface area contributed by atoms with Gasteiger partial charge in [-0.2, -0.15) is 9.78 Å². The summed E-state index contributed by atoms with van der Waals surface area (Å²) >= 11 is 0. The minimum absolute atomic E-state index is 0.0406. The first kappa shape index (κ1) is 29.9. The highest BCUT2D eigenvalue weighted by Gasteiger charge is 2.32. The van der Waals surface area contributed by atoms with Crippen LogP contribution < -0.4 is 10.1 Å². The van der Waals surface area contributed by atoms with Gasteiger partial charge in [0.25, 0.3) is 17.8 Å². The van der Waals surface area contributed by atoms with E-state index in [1.54, 1.807) is 4.90 Å². The van der Waals surface area contributed by atoms with E-state index in [0.29, 0.717) is 19.2 Å². The highest BCUT2D eigenvalue weighted by molar-refractivity contribution is 7.90. The Morgan fingerprint density at radius 1 is 1.07 bits per heavy atom. The summed E-state index contributed by atoms with van der Waals surface area (Å²) in [7, 11) is -3.98. The van der Waals surface area contributed by atoms with E-state index in [9.17, 15) is 31.2 Å². The Labute approximate surface area is 232 Å². The van der Waals surface area contributed by atoms with Crippen LogP contribution in [0.15, 0.2) is 41.8 Å². The highest BCUT2D eigenvalue weighted by atomic mass is 32.2. The number of ether oxygens (including phenoxy) is 2. The first-order valence-electron chi connectivity index (χ1n) is 12.2. The van der Waals surface area contributed by atoms with E-state index >= 15 is 0 Å². The van der Waals surface area contributed by atoms with Gasteiger partial charge in [0.1, 0.15) is 12.1 Å². The van der Waals surface area contributed by atoms with Crippen molar-refractivity contribution in [2.75, 3.05) is 19.3 Å². The second-order valence-corrected chi connectivity index (χ2v) is 11.5. The van der Waals surface area contributed by atoms with Gasteiger partial charge >= 0.3 is 6.36 Å². The van der Waals surface area contributed by atoms with E-state index in [1.165, 1.54) is 30.3 Å². The number of nitrogens with zero attached hydrogens (tertiary/aromatic N) is 6. The molecule has 0 spiro atoms. The quantitative estimate of drug-likeness (QED) is 0.428. The van der Waals surface area contributed by atoms with Crippen LogP contribution in [-0.2, 0) is 14.6 Å². The number of amides is 2. The van der Waals surface area contributed by atoms with Gasteiger partial charge in [-0.1, -0.05) is 0 Å². The van der Waals surface area contributed by atoms with Crippen molar-refractivity contribution >= 4 is 21.7 Å². The number of sulfone groups is 1. The van der Waals surface area contributed by atoms with Crippen LogP contribution in [0.4, 0.5) is 13.2 Å². The zero-order valence-corrected chi connectivity index (χ0v) is 23.1. The molecule has 0 aliphatic carbocycles. The molecule has 220 valence electrons. The fourth-order valence-electron chi connectivity index (χ4n) is 4.22. The third kappa shape index (κ3) is 7.35. The zero-order valence-electron chi connectivity index (χ0n) is 22.3. The zero-order chi connectivity index (χ0) is 30.1. The monoisotopic (exact) mass is 597 g/mol. The molecular weight excluding hydrogens is 571 g/mol. The third-order valence-corrected chi connectivity index (χ3v) is 6.99. The summed E-state index contributed by atoms with van der Waals surface area (Å²) in [5.74, 6) is -1.84. The maximum atomic E-state index is 12.9. The molecule has 1 aliphatic rings. The fourth-order valence-corrected chi connectivity index (χ4v) is 4.89. The largest absolute Gasteiger partial charge is 0.573 e. The number of morpholine rings is 1. The van der Waals surface area contributed by atoms with Crippen molar-refractivity contribution in [3.63, 3.8) is 0 Å². The average Bonchev–Trinajstić information content (AvgIpc) is 3.36. The van der Waals surface area contributed by atoms with E-state index in [-0.39, 0.29) is 35.5 Å². The molecule has 1 aliphatic heterocycles. The Bertz CT molecular complexity index is 1540. The summed E-state index contributed by atoms with van der Waals surface area (Å²) in [6.45, 7) is 6.11. The van der Waals surface area contributed by atoms with Gasteiger partial charge in [0.2, 0.25) is 0 Å². The van der Waals surface area contributed by atoms with Crippen molar-refractivity contribution in [2.24, 2.45) is 0 Å². The van der Waals surface area contributed by atoms with Crippen molar-refractivity contribution in [3.8, 4) is 11.7 Å². The molecule has 0 bridgehead atoms. The van der Waals surface area contributed by atoms with E-state index < -0.39 is 44.4 Å². The minimum atomic E-state index is -5.10. The Morgan fingerprint density at radius 2 is 1.71 bits per heavy atom. The highest BCUT2D eigenvalue weighted by Crippen LogP contribution is 2.27. The second-order valence-electron chi connectivity index (χ2n) is 9.48. The van der Waals surface area contributed by atoms with Gasteiger partial charge in [-0.05, 0) is 39.0 Å². The normalized spacial score (nSPS) is 18.6. The summed E-state index contributed by atoms with van der Waals surface area (Å²) in [6.07, 6.45) is -0.701. The maximum Gasteiger partial charge on any atom is 0.573 e. The fraction of sp³-hybridized carbons (Fsp3) is 0.417. The van der Waals surface area contributed by atoms with Crippen molar-refractivity contribution in [1.82, 2.24) is 34.9 Å². The van der Waals surface area contributed by atoms with E-state index in [0.717, 1.165) is 18.4 Å². The smallest absolute Gasteiger partial charge is 0.406 e. The van der Waals surface area contributed by atoms with Crippen LogP contribution in [0.2, 0.25) is 0 Å². The van der Waals surface area contributed by atoms with Gasteiger partial charge in [0, 0.05) is 37.3 Å². The lowest BCUT2D eigenvalue weighted by Crippen LogP contribution is -2.48. The van der Waals surface area contributed by atoms with Gasteiger partial charge in [0.15, 0.2) is 15.7 Å². The number of carbonyl (C=O) groups excluding carboxylic acids is 2. The molecule has 17 heteroatoms. The predicted octanol–water partition coefficient (Wildman–Crippen LogP) is 2.10. The van der Waals surface area contributed by atoms with Crippen LogP contribution >= 0.6 is 0 Å². The van der Waals surface area contributed by atoms with Crippen LogP contribution in [-0.4, -0.2) is 87.8 Å². The number of hydrogen-bond donors (Lipinski definition) is 1. The topological polar surface area (TPSA) is 158 Å².